The van der Waals surface area contributed by atoms with Crippen molar-refractivity contribution in [1.82, 2.24) is 4.98 Å². The van der Waals surface area contributed by atoms with E-state index in [1.165, 1.54) is 18.3 Å². The second-order valence-corrected chi connectivity index (χ2v) is 7.50. The first-order valence-electron chi connectivity index (χ1n) is 7.72. The Balaban J connectivity index is 1.61. The lowest BCUT2D eigenvalue weighted by molar-refractivity contribution is -0.116. The molecule has 3 aromatic rings. The van der Waals surface area contributed by atoms with Gasteiger partial charge in [-0.2, -0.15) is 0 Å². The average Bonchev–Trinajstić information content (AvgIpc) is 2.95. The third kappa shape index (κ3) is 4.87. The van der Waals surface area contributed by atoms with Gasteiger partial charge in [-0.05, 0) is 48.4 Å². The zero-order chi connectivity index (χ0) is 17.8. The van der Waals surface area contributed by atoms with Gasteiger partial charge in [-0.15, -0.1) is 0 Å². The summed E-state index contributed by atoms with van der Waals surface area (Å²) in [5.74, 6) is -0.158. The number of amides is 2. The summed E-state index contributed by atoms with van der Waals surface area (Å²) >= 11 is 4.80. The molecule has 3 rings (SSSR count). The summed E-state index contributed by atoms with van der Waals surface area (Å²) in [4.78, 5) is 27.5. The lowest BCUT2D eigenvalue weighted by Crippen LogP contribution is -2.12. The molecule has 1 heterocycles. The number of anilines is 2. The van der Waals surface area contributed by atoms with Crippen molar-refractivity contribution >= 4 is 60.1 Å². The monoisotopic (exact) mass is 417 g/mol. The first kappa shape index (κ1) is 17.6. The number of hydrogen-bond acceptors (Lipinski definition) is 4. The molecule has 0 atom stereocenters. The minimum absolute atomic E-state index is 0.0225. The number of carbonyl (C=O) groups is 2. The van der Waals surface area contributed by atoms with E-state index in [0.717, 1.165) is 25.9 Å². The van der Waals surface area contributed by atoms with E-state index in [1.807, 2.05) is 42.5 Å². The zero-order valence-electron chi connectivity index (χ0n) is 13.5. The summed E-state index contributed by atoms with van der Waals surface area (Å²) in [5.41, 5.74) is 2.69. The van der Waals surface area contributed by atoms with Gasteiger partial charge in [-0.3, -0.25) is 9.59 Å². The molecule has 2 aromatic carbocycles. The quantitative estimate of drug-likeness (QED) is 0.637. The summed E-state index contributed by atoms with van der Waals surface area (Å²) in [5, 5.41) is 6.17. The van der Waals surface area contributed by atoms with Crippen LogP contribution in [0.4, 0.5) is 10.8 Å². The topological polar surface area (TPSA) is 71.1 Å². The van der Waals surface area contributed by atoms with Crippen LogP contribution >= 0.6 is 27.3 Å². The molecular weight excluding hydrogens is 402 g/mol. The molecule has 5 nitrogen and oxygen atoms in total. The first-order chi connectivity index (χ1) is 12.0. The van der Waals surface area contributed by atoms with Crippen LogP contribution in [0, 0.1) is 0 Å². The molecule has 25 heavy (non-hydrogen) atoms. The number of thiazole rings is 1. The lowest BCUT2D eigenvalue weighted by Gasteiger charge is -2.05. The van der Waals surface area contributed by atoms with Crippen LogP contribution in [0.25, 0.3) is 10.2 Å². The molecule has 0 aliphatic rings. The highest BCUT2D eigenvalue weighted by molar-refractivity contribution is 9.10. The summed E-state index contributed by atoms with van der Waals surface area (Å²) in [6, 6.07) is 13.4. The molecule has 0 saturated carbocycles. The Labute approximate surface area is 157 Å². The molecule has 2 amide bonds. The van der Waals surface area contributed by atoms with E-state index in [4.69, 9.17) is 0 Å². The molecule has 128 valence electrons. The van der Waals surface area contributed by atoms with Crippen molar-refractivity contribution in [2.45, 2.75) is 19.8 Å². The number of nitrogens with one attached hydrogen (secondary N) is 2. The minimum Gasteiger partial charge on any atom is -0.326 e. The smallest absolute Gasteiger partial charge is 0.224 e. The van der Waals surface area contributed by atoms with E-state index in [0.29, 0.717) is 18.0 Å². The highest BCUT2D eigenvalue weighted by atomic mass is 79.9. The average molecular weight is 418 g/mol. The van der Waals surface area contributed by atoms with E-state index in [2.05, 4.69) is 31.5 Å². The van der Waals surface area contributed by atoms with Crippen LogP contribution in [0.1, 0.15) is 18.9 Å². The molecule has 0 unspecified atom stereocenters. The number of halogens is 1. The van der Waals surface area contributed by atoms with Gasteiger partial charge in [0.1, 0.15) is 0 Å². The van der Waals surface area contributed by atoms with Gasteiger partial charge in [0, 0.05) is 23.5 Å². The van der Waals surface area contributed by atoms with Crippen LogP contribution in [0.2, 0.25) is 0 Å². The highest BCUT2D eigenvalue weighted by Gasteiger charge is 2.08. The molecule has 2 N–H and O–H groups in total. The van der Waals surface area contributed by atoms with Crippen molar-refractivity contribution in [3.8, 4) is 0 Å². The van der Waals surface area contributed by atoms with Gasteiger partial charge in [0.2, 0.25) is 11.8 Å². The van der Waals surface area contributed by atoms with Crippen LogP contribution < -0.4 is 10.6 Å². The number of benzene rings is 2. The summed E-state index contributed by atoms with van der Waals surface area (Å²) < 4.78 is 1.97. The molecule has 0 aliphatic carbocycles. The Morgan fingerprint density at radius 3 is 2.60 bits per heavy atom. The van der Waals surface area contributed by atoms with Crippen molar-refractivity contribution in [2.75, 3.05) is 10.6 Å². The van der Waals surface area contributed by atoms with Crippen molar-refractivity contribution in [1.29, 1.82) is 0 Å². The summed E-state index contributed by atoms with van der Waals surface area (Å²) in [6.07, 6.45) is 1.05. The third-order valence-corrected chi connectivity index (χ3v) is 4.97. The molecule has 7 heteroatoms. The van der Waals surface area contributed by atoms with E-state index in [1.54, 1.807) is 0 Å². The SMILES string of the molecule is CC(=O)Nc1nc2ccc(CCC(=O)Nc3ccc(Br)cc3)cc2s1. The Bertz CT molecular complexity index is 922. The van der Waals surface area contributed by atoms with Crippen LogP contribution in [-0.2, 0) is 16.0 Å². The second kappa shape index (κ2) is 7.76. The Morgan fingerprint density at radius 1 is 1.12 bits per heavy atom. The van der Waals surface area contributed by atoms with Crippen molar-refractivity contribution in [2.24, 2.45) is 0 Å². The number of nitrogens with zero attached hydrogens (tertiary/aromatic N) is 1. The second-order valence-electron chi connectivity index (χ2n) is 5.56. The predicted molar refractivity (Wildman–Crippen MR) is 105 cm³/mol. The largest absolute Gasteiger partial charge is 0.326 e. The fourth-order valence-electron chi connectivity index (χ4n) is 2.34. The van der Waals surface area contributed by atoms with Crippen LogP contribution in [0.15, 0.2) is 46.9 Å². The van der Waals surface area contributed by atoms with Crippen molar-refractivity contribution < 1.29 is 9.59 Å². The minimum atomic E-state index is -0.135. The molecule has 0 fully saturated rings. The molecule has 1 aromatic heterocycles. The third-order valence-electron chi connectivity index (χ3n) is 3.50. The molecule has 0 aliphatic heterocycles. The van der Waals surface area contributed by atoms with E-state index >= 15 is 0 Å². The standard InChI is InChI=1S/C18H16BrN3O2S/c1-11(23)20-18-22-15-8-2-12(10-16(15)25-18)3-9-17(24)21-14-6-4-13(19)5-7-14/h2,4-8,10H,3,9H2,1H3,(H,21,24)(H,20,22,23). The Morgan fingerprint density at radius 2 is 1.88 bits per heavy atom. The maximum Gasteiger partial charge on any atom is 0.224 e. The van der Waals surface area contributed by atoms with E-state index in [9.17, 15) is 9.59 Å². The van der Waals surface area contributed by atoms with Gasteiger partial charge in [0.25, 0.3) is 0 Å². The van der Waals surface area contributed by atoms with Gasteiger partial charge >= 0.3 is 0 Å². The fourth-order valence-corrected chi connectivity index (χ4v) is 3.58. The maximum absolute atomic E-state index is 12.1. The maximum atomic E-state index is 12.1. The number of hydrogen-bond donors (Lipinski definition) is 2. The van der Waals surface area contributed by atoms with Crippen molar-refractivity contribution in [3.05, 3.63) is 52.5 Å². The first-order valence-corrected chi connectivity index (χ1v) is 9.33. The Hall–Kier alpha value is -2.25. The fraction of sp³-hybridized carbons (Fsp3) is 0.167. The zero-order valence-corrected chi connectivity index (χ0v) is 15.9. The Kier molecular flexibility index (Phi) is 5.45. The number of rotatable bonds is 5. The number of aromatic nitrogens is 1. The molecule has 0 bridgehead atoms. The van der Waals surface area contributed by atoms with Gasteiger partial charge in [0.15, 0.2) is 5.13 Å². The number of carbonyl (C=O) groups excluding carboxylic acids is 2. The van der Waals surface area contributed by atoms with Crippen LogP contribution in [0.5, 0.6) is 0 Å². The molecule has 0 spiro atoms. The van der Waals surface area contributed by atoms with Gasteiger partial charge in [0.05, 0.1) is 10.2 Å². The molecule has 0 saturated heterocycles. The van der Waals surface area contributed by atoms with Gasteiger partial charge in [-0.25, -0.2) is 4.98 Å². The normalized spacial score (nSPS) is 10.6. The van der Waals surface area contributed by atoms with Gasteiger partial charge in [-0.1, -0.05) is 33.3 Å². The van der Waals surface area contributed by atoms with E-state index in [-0.39, 0.29) is 11.8 Å². The summed E-state index contributed by atoms with van der Waals surface area (Å²) in [6.45, 7) is 1.46. The number of fused-ring (bicyclic) bond motifs is 1. The van der Waals surface area contributed by atoms with Crippen molar-refractivity contribution in [3.63, 3.8) is 0 Å². The highest BCUT2D eigenvalue weighted by Crippen LogP contribution is 2.27. The van der Waals surface area contributed by atoms with E-state index < -0.39 is 0 Å². The molecular formula is C18H16BrN3O2S. The predicted octanol–water partition coefficient (Wildman–Crippen LogP) is 4.59. The molecule has 0 radical (unpaired) electrons. The van der Waals surface area contributed by atoms with Crippen LogP contribution in [0.3, 0.4) is 0 Å². The summed E-state index contributed by atoms with van der Waals surface area (Å²) in [7, 11) is 0. The lowest BCUT2D eigenvalue weighted by atomic mass is 10.1. The van der Waals surface area contributed by atoms with Crippen LogP contribution in [-0.4, -0.2) is 16.8 Å². The number of aryl methyl sites for hydroxylation is 1. The van der Waals surface area contributed by atoms with Gasteiger partial charge < -0.3 is 10.6 Å².